The van der Waals surface area contributed by atoms with Crippen LogP contribution in [0.3, 0.4) is 0 Å². The predicted molar refractivity (Wildman–Crippen MR) is 85.0 cm³/mol. The van der Waals surface area contributed by atoms with Crippen molar-refractivity contribution in [3.8, 4) is 5.75 Å². The maximum Gasteiger partial charge on any atom is 0.125 e. The van der Waals surface area contributed by atoms with Crippen LogP contribution in [-0.2, 0) is 0 Å². The molecule has 2 aromatic rings. The molecule has 1 aliphatic heterocycles. The topological polar surface area (TPSA) is 35.2 Å². The number of rotatable bonds is 2. The zero-order chi connectivity index (χ0) is 14.1. The van der Waals surface area contributed by atoms with Crippen molar-refractivity contribution in [3.63, 3.8) is 0 Å². The lowest BCUT2D eigenvalue weighted by atomic mass is 9.87. The number of hydrogen-bond acceptors (Lipinski definition) is 2. The summed E-state index contributed by atoms with van der Waals surface area (Å²) in [5.41, 5.74) is 8.70. The van der Waals surface area contributed by atoms with Gasteiger partial charge in [-0.1, -0.05) is 59.3 Å². The highest BCUT2D eigenvalue weighted by Crippen LogP contribution is 2.39. The molecule has 0 saturated carbocycles. The van der Waals surface area contributed by atoms with Gasteiger partial charge >= 0.3 is 0 Å². The molecular formula is C17H18BrNO. The Hall–Kier alpha value is -1.32. The Balaban J connectivity index is 1.87. The standard InChI is InChI=1S/C17H18BrNO/c1-11(12-5-3-2-4-6-12)16-10-15(19)14-8-7-13(18)9-17(14)20-16/h2-9,11,15-16H,10,19H2,1H3/t11?,15-,16?/m0/s1. The zero-order valence-electron chi connectivity index (χ0n) is 11.4. The van der Waals surface area contributed by atoms with Gasteiger partial charge in [0.2, 0.25) is 0 Å². The summed E-state index contributed by atoms with van der Waals surface area (Å²) in [6.07, 6.45) is 0.972. The molecular weight excluding hydrogens is 314 g/mol. The molecule has 2 unspecified atom stereocenters. The lowest BCUT2D eigenvalue weighted by molar-refractivity contribution is 0.136. The van der Waals surface area contributed by atoms with E-state index in [0.717, 1.165) is 22.2 Å². The molecule has 0 aromatic heterocycles. The Morgan fingerprint density at radius 2 is 1.95 bits per heavy atom. The first-order valence-electron chi connectivity index (χ1n) is 6.92. The number of fused-ring (bicyclic) bond motifs is 1. The highest BCUT2D eigenvalue weighted by atomic mass is 79.9. The van der Waals surface area contributed by atoms with Crippen LogP contribution in [-0.4, -0.2) is 6.10 Å². The monoisotopic (exact) mass is 331 g/mol. The van der Waals surface area contributed by atoms with Gasteiger partial charge in [-0.3, -0.25) is 0 Å². The van der Waals surface area contributed by atoms with Crippen LogP contribution in [0.2, 0.25) is 0 Å². The van der Waals surface area contributed by atoms with Crippen LogP contribution in [0.1, 0.15) is 36.4 Å². The third-order valence-corrected chi connectivity index (χ3v) is 4.52. The average molecular weight is 332 g/mol. The van der Waals surface area contributed by atoms with Crippen molar-refractivity contribution in [1.82, 2.24) is 0 Å². The van der Waals surface area contributed by atoms with Crippen LogP contribution in [0.5, 0.6) is 5.75 Å². The first kappa shape index (κ1) is 13.7. The molecule has 104 valence electrons. The molecule has 0 spiro atoms. The third-order valence-electron chi connectivity index (χ3n) is 4.02. The molecule has 0 fully saturated rings. The summed E-state index contributed by atoms with van der Waals surface area (Å²) >= 11 is 3.49. The van der Waals surface area contributed by atoms with Crippen molar-refractivity contribution in [2.75, 3.05) is 0 Å². The maximum absolute atomic E-state index is 6.31. The third kappa shape index (κ3) is 2.60. The van der Waals surface area contributed by atoms with Crippen molar-refractivity contribution in [2.45, 2.75) is 31.4 Å². The fraction of sp³-hybridized carbons (Fsp3) is 0.294. The van der Waals surface area contributed by atoms with Crippen LogP contribution in [0.4, 0.5) is 0 Å². The molecule has 3 atom stereocenters. The number of nitrogens with two attached hydrogens (primary N) is 1. The van der Waals surface area contributed by atoms with Crippen molar-refractivity contribution in [1.29, 1.82) is 0 Å². The van der Waals surface area contributed by atoms with Crippen molar-refractivity contribution >= 4 is 15.9 Å². The second-order valence-corrected chi connectivity index (χ2v) is 6.30. The van der Waals surface area contributed by atoms with E-state index < -0.39 is 0 Å². The Bertz CT molecular complexity index is 599. The molecule has 2 aromatic carbocycles. The van der Waals surface area contributed by atoms with Crippen molar-refractivity contribution in [2.24, 2.45) is 5.73 Å². The highest BCUT2D eigenvalue weighted by molar-refractivity contribution is 9.10. The Kier molecular flexibility index (Phi) is 3.81. The van der Waals surface area contributed by atoms with Crippen LogP contribution in [0, 0.1) is 0 Å². The summed E-state index contributed by atoms with van der Waals surface area (Å²) in [5, 5.41) is 0. The molecule has 2 nitrogen and oxygen atoms in total. The molecule has 2 N–H and O–H groups in total. The summed E-state index contributed by atoms with van der Waals surface area (Å²) in [4.78, 5) is 0. The fourth-order valence-electron chi connectivity index (χ4n) is 2.78. The van der Waals surface area contributed by atoms with E-state index >= 15 is 0 Å². The van der Waals surface area contributed by atoms with E-state index in [2.05, 4.69) is 47.1 Å². The van der Waals surface area contributed by atoms with Crippen LogP contribution in [0.25, 0.3) is 0 Å². The summed E-state index contributed by atoms with van der Waals surface area (Å²) in [5.74, 6) is 1.24. The molecule has 0 saturated heterocycles. The summed E-state index contributed by atoms with van der Waals surface area (Å²) in [6, 6.07) is 16.6. The van der Waals surface area contributed by atoms with Crippen LogP contribution >= 0.6 is 15.9 Å². The van der Waals surface area contributed by atoms with E-state index in [1.165, 1.54) is 5.56 Å². The molecule has 0 bridgehead atoms. The quantitative estimate of drug-likeness (QED) is 0.884. The molecule has 0 radical (unpaired) electrons. The number of hydrogen-bond donors (Lipinski definition) is 1. The van der Waals surface area contributed by atoms with Gasteiger partial charge in [-0.2, -0.15) is 0 Å². The van der Waals surface area contributed by atoms with E-state index in [1.807, 2.05) is 24.3 Å². The van der Waals surface area contributed by atoms with Crippen LogP contribution < -0.4 is 10.5 Å². The van der Waals surface area contributed by atoms with E-state index in [-0.39, 0.29) is 12.1 Å². The van der Waals surface area contributed by atoms with Gasteiger partial charge in [0.05, 0.1) is 0 Å². The first-order chi connectivity index (χ1) is 9.65. The van der Waals surface area contributed by atoms with Gasteiger partial charge in [-0.15, -0.1) is 0 Å². The number of benzene rings is 2. The number of ether oxygens (including phenoxy) is 1. The largest absolute Gasteiger partial charge is 0.489 e. The Labute approximate surface area is 128 Å². The van der Waals surface area contributed by atoms with Gasteiger partial charge in [0.15, 0.2) is 0 Å². The van der Waals surface area contributed by atoms with Gasteiger partial charge in [0.1, 0.15) is 11.9 Å². The van der Waals surface area contributed by atoms with Gasteiger partial charge in [0, 0.05) is 28.4 Å². The fourth-order valence-corrected chi connectivity index (χ4v) is 3.12. The maximum atomic E-state index is 6.31. The van der Waals surface area contributed by atoms with Gasteiger partial charge < -0.3 is 10.5 Å². The number of halogens is 1. The predicted octanol–water partition coefficient (Wildman–Crippen LogP) is 4.40. The molecule has 0 amide bonds. The minimum atomic E-state index is 0.0445. The molecule has 20 heavy (non-hydrogen) atoms. The smallest absolute Gasteiger partial charge is 0.125 e. The van der Waals surface area contributed by atoms with E-state index in [0.29, 0.717) is 5.92 Å². The minimum Gasteiger partial charge on any atom is -0.489 e. The summed E-state index contributed by atoms with van der Waals surface area (Å²) < 4.78 is 7.21. The van der Waals surface area contributed by atoms with Gasteiger partial charge in [-0.05, 0) is 17.7 Å². The van der Waals surface area contributed by atoms with E-state index in [9.17, 15) is 0 Å². The zero-order valence-corrected chi connectivity index (χ0v) is 13.0. The van der Waals surface area contributed by atoms with E-state index in [1.54, 1.807) is 0 Å². The lowest BCUT2D eigenvalue weighted by Crippen LogP contribution is -2.33. The Morgan fingerprint density at radius 3 is 2.70 bits per heavy atom. The second-order valence-electron chi connectivity index (χ2n) is 5.38. The molecule has 1 aliphatic rings. The van der Waals surface area contributed by atoms with Crippen LogP contribution in [0.15, 0.2) is 53.0 Å². The van der Waals surface area contributed by atoms with E-state index in [4.69, 9.17) is 10.5 Å². The van der Waals surface area contributed by atoms with Gasteiger partial charge in [0.25, 0.3) is 0 Å². The molecule has 0 aliphatic carbocycles. The molecule has 1 heterocycles. The second kappa shape index (κ2) is 5.58. The van der Waals surface area contributed by atoms with Gasteiger partial charge in [-0.25, -0.2) is 0 Å². The molecule has 3 rings (SSSR count). The van der Waals surface area contributed by atoms with Crippen molar-refractivity contribution < 1.29 is 4.74 Å². The molecule has 3 heteroatoms. The lowest BCUT2D eigenvalue weighted by Gasteiger charge is -2.34. The van der Waals surface area contributed by atoms with Crippen molar-refractivity contribution in [3.05, 3.63) is 64.1 Å². The first-order valence-corrected chi connectivity index (χ1v) is 7.71. The Morgan fingerprint density at radius 1 is 1.20 bits per heavy atom. The highest BCUT2D eigenvalue weighted by Gasteiger charge is 2.30. The normalized spacial score (nSPS) is 22.8. The minimum absolute atomic E-state index is 0.0445. The average Bonchev–Trinajstić information content (AvgIpc) is 2.46. The summed E-state index contributed by atoms with van der Waals surface area (Å²) in [7, 11) is 0. The summed E-state index contributed by atoms with van der Waals surface area (Å²) in [6.45, 7) is 2.20. The SMILES string of the molecule is CC(c1ccccc1)C1C[C@H](N)c2ccc(Br)cc2O1.